The number of carbonyl (C=O) groups excluding carboxylic acids is 1. The number of rotatable bonds is 5. The van der Waals surface area contributed by atoms with Gasteiger partial charge < -0.3 is 10.1 Å². The zero-order chi connectivity index (χ0) is 11.4. The molecule has 1 atom stereocenters. The summed E-state index contributed by atoms with van der Waals surface area (Å²) in [5.74, 6) is -0.171. The first-order valence-corrected chi connectivity index (χ1v) is 5.67. The lowest BCUT2D eigenvalue weighted by atomic mass is 10.1. The van der Waals surface area contributed by atoms with E-state index in [1.165, 1.54) is 20.0 Å². The van der Waals surface area contributed by atoms with E-state index in [0.29, 0.717) is 12.5 Å². The van der Waals surface area contributed by atoms with Crippen LogP contribution in [0.25, 0.3) is 0 Å². The summed E-state index contributed by atoms with van der Waals surface area (Å²) in [4.78, 5) is 11.6. The van der Waals surface area contributed by atoms with Gasteiger partial charge in [-0.3, -0.25) is 4.79 Å². The third-order valence-corrected chi connectivity index (χ3v) is 2.78. The Labute approximate surface area is 95.8 Å². The van der Waals surface area contributed by atoms with Crippen LogP contribution in [0.1, 0.15) is 18.4 Å². The molecule has 0 aliphatic heterocycles. The van der Waals surface area contributed by atoms with E-state index >= 15 is 0 Å². The molecule has 1 aromatic rings. The van der Waals surface area contributed by atoms with Gasteiger partial charge in [0.1, 0.15) is 6.04 Å². The van der Waals surface area contributed by atoms with Crippen LogP contribution in [0.3, 0.4) is 0 Å². The van der Waals surface area contributed by atoms with Crippen molar-refractivity contribution in [3.8, 4) is 0 Å². The average molecular weight is 219 g/mol. The summed E-state index contributed by atoms with van der Waals surface area (Å²) < 4.78 is 4.81. The Kier molecular flexibility index (Phi) is 3.57. The van der Waals surface area contributed by atoms with Crippen LogP contribution < -0.4 is 5.32 Å². The van der Waals surface area contributed by atoms with E-state index in [1.54, 1.807) is 0 Å². The Morgan fingerprint density at radius 3 is 2.69 bits per heavy atom. The fourth-order valence-corrected chi connectivity index (χ4v) is 1.74. The average Bonchev–Trinajstić information content (AvgIpc) is 3.12. The summed E-state index contributed by atoms with van der Waals surface area (Å²) in [6.45, 7) is 0. The highest BCUT2D eigenvalue weighted by Crippen LogP contribution is 2.20. The van der Waals surface area contributed by atoms with E-state index < -0.39 is 0 Å². The first-order valence-electron chi connectivity index (χ1n) is 5.67. The van der Waals surface area contributed by atoms with Gasteiger partial charge in [0.25, 0.3) is 0 Å². The van der Waals surface area contributed by atoms with Crippen LogP contribution in [0.4, 0.5) is 0 Å². The summed E-state index contributed by atoms with van der Waals surface area (Å²) in [5, 5.41) is 3.32. The van der Waals surface area contributed by atoms with Crippen molar-refractivity contribution in [1.82, 2.24) is 5.32 Å². The monoisotopic (exact) mass is 219 g/mol. The molecule has 1 fully saturated rings. The quantitative estimate of drug-likeness (QED) is 0.763. The number of nitrogens with one attached hydrogen (secondary N) is 1. The van der Waals surface area contributed by atoms with Gasteiger partial charge in [0.15, 0.2) is 0 Å². The molecule has 3 nitrogen and oxygen atoms in total. The second-order valence-corrected chi connectivity index (χ2v) is 4.21. The molecule has 1 saturated carbocycles. The molecule has 0 spiro atoms. The van der Waals surface area contributed by atoms with Crippen LogP contribution in [0.15, 0.2) is 30.3 Å². The molecule has 0 bridgehead atoms. The fraction of sp³-hybridized carbons (Fsp3) is 0.462. The minimum Gasteiger partial charge on any atom is -0.468 e. The minimum absolute atomic E-state index is 0.171. The highest BCUT2D eigenvalue weighted by Gasteiger charge is 2.28. The molecule has 0 heterocycles. The Morgan fingerprint density at radius 1 is 1.44 bits per heavy atom. The molecule has 2 rings (SSSR count). The van der Waals surface area contributed by atoms with Crippen molar-refractivity contribution in [3.63, 3.8) is 0 Å². The second kappa shape index (κ2) is 5.12. The van der Waals surface area contributed by atoms with Gasteiger partial charge in [-0.2, -0.15) is 0 Å². The first-order chi connectivity index (χ1) is 7.79. The first kappa shape index (κ1) is 11.1. The van der Waals surface area contributed by atoms with E-state index in [0.717, 1.165) is 5.56 Å². The number of ether oxygens (including phenoxy) is 1. The van der Waals surface area contributed by atoms with Crippen molar-refractivity contribution in [2.75, 3.05) is 7.11 Å². The van der Waals surface area contributed by atoms with Gasteiger partial charge in [-0.1, -0.05) is 30.3 Å². The van der Waals surface area contributed by atoms with Crippen LogP contribution in [-0.4, -0.2) is 25.2 Å². The lowest BCUT2D eigenvalue weighted by molar-refractivity contribution is -0.143. The molecule has 0 radical (unpaired) electrons. The topological polar surface area (TPSA) is 38.3 Å². The third-order valence-electron chi connectivity index (χ3n) is 2.78. The number of hydrogen-bond acceptors (Lipinski definition) is 3. The molecule has 16 heavy (non-hydrogen) atoms. The largest absolute Gasteiger partial charge is 0.468 e. The molecular weight excluding hydrogens is 202 g/mol. The molecule has 0 saturated heterocycles. The lowest BCUT2D eigenvalue weighted by Crippen LogP contribution is -2.40. The SMILES string of the molecule is COC(=O)C(Cc1ccccc1)NC1CC1. The second-order valence-electron chi connectivity index (χ2n) is 4.21. The molecule has 1 aliphatic rings. The van der Waals surface area contributed by atoms with Crippen LogP contribution in [-0.2, 0) is 16.0 Å². The van der Waals surface area contributed by atoms with E-state index in [1.807, 2.05) is 30.3 Å². The molecule has 3 heteroatoms. The van der Waals surface area contributed by atoms with Gasteiger partial charge in [-0.25, -0.2) is 0 Å². The number of benzene rings is 1. The number of carbonyl (C=O) groups is 1. The van der Waals surface area contributed by atoms with Crippen LogP contribution >= 0.6 is 0 Å². The van der Waals surface area contributed by atoms with Crippen LogP contribution in [0.5, 0.6) is 0 Å². The molecule has 1 aromatic carbocycles. The molecule has 0 aromatic heterocycles. The predicted octanol–water partition coefficient (Wildman–Crippen LogP) is 1.52. The van der Waals surface area contributed by atoms with Crippen LogP contribution in [0.2, 0.25) is 0 Å². The Morgan fingerprint density at radius 2 is 2.12 bits per heavy atom. The third kappa shape index (κ3) is 3.07. The molecule has 1 aliphatic carbocycles. The predicted molar refractivity (Wildman–Crippen MR) is 62.1 cm³/mol. The van der Waals surface area contributed by atoms with E-state index in [9.17, 15) is 4.79 Å². The molecule has 86 valence electrons. The maximum Gasteiger partial charge on any atom is 0.323 e. The van der Waals surface area contributed by atoms with Gasteiger partial charge in [-0.05, 0) is 24.8 Å². The zero-order valence-corrected chi connectivity index (χ0v) is 9.48. The summed E-state index contributed by atoms with van der Waals surface area (Å²) in [7, 11) is 1.44. The molecular formula is C13H17NO2. The summed E-state index contributed by atoms with van der Waals surface area (Å²) in [6.07, 6.45) is 3.04. The van der Waals surface area contributed by atoms with E-state index in [4.69, 9.17) is 4.74 Å². The van der Waals surface area contributed by atoms with Crippen molar-refractivity contribution in [1.29, 1.82) is 0 Å². The van der Waals surface area contributed by atoms with Crippen molar-refractivity contribution >= 4 is 5.97 Å². The Bertz CT molecular complexity index is 346. The maximum atomic E-state index is 11.6. The summed E-state index contributed by atoms with van der Waals surface area (Å²) in [6, 6.07) is 10.3. The highest BCUT2D eigenvalue weighted by molar-refractivity contribution is 5.76. The lowest BCUT2D eigenvalue weighted by Gasteiger charge is -2.15. The normalized spacial score (nSPS) is 16.8. The smallest absolute Gasteiger partial charge is 0.323 e. The number of esters is 1. The van der Waals surface area contributed by atoms with Crippen LogP contribution in [0, 0.1) is 0 Å². The van der Waals surface area contributed by atoms with Crippen molar-refractivity contribution < 1.29 is 9.53 Å². The molecule has 1 unspecified atom stereocenters. The summed E-state index contributed by atoms with van der Waals surface area (Å²) >= 11 is 0. The minimum atomic E-state index is -0.208. The van der Waals surface area contributed by atoms with Gasteiger partial charge >= 0.3 is 5.97 Å². The molecule has 1 N–H and O–H groups in total. The van der Waals surface area contributed by atoms with Crippen molar-refractivity contribution in [3.05, 3.63) is 35.9 Å². The van der Waals surface area contributed by atoms with Gasteiger partial charge in [0.2, 0.25) is 0 Å². The van der Waals surface area contributed by atoms with Gasteiger partial charge in [0.05, 0.1) is 7.11 Å². The van der Waals surface area contributed by atoms with Crippen molar-refractivity contribution in [2.45, 2.75) is 31.3 Å². The fourth-order valence-electron chi connectivity index (χ4n) is 1.74. The number of hydrogen-bond donors (Lipinski definition) is 1. The number of methoxy groups -OCH3 is 1. The zero-order valence-electron chi connectivity index (χ0n) is 9.48. The highest BCUT2D eigenvalue weighted by atomic mass is 16.5. The Hall–Kier alpha value is -1.35. The van der Waals surface area contributed by atoms with Gasteiger partial charge in [0, 0.05) is 6.04 Å². The summed E-state index contributed by atoms with van der Waals surface area (Å²) in [5.41, 5.74) is 1.16. The standard InChI is InChI=1S/C13H17NO2/c1-16-13(15)12(14-11-7-8-11)9-10-5-3-2-4-6-10/h2-6,11-12,14H,7-9H2,1H3. The molecule has 0 amide bonds. The van der Waals surface area contributed by atoms with Crippen molar-refractivity contribution in [2.24, 2.45) is 0 Å². The van der Waals surface area contributed by atoms with E-state index in [-0.39, 0.29) is 12.0 Å². The van der Waals surface area contributed by atoms with Gasteiger partial charge in [-0.15, -0.1) is 0 Å². The van der Waals surface area contributed by atoms with E-state index in [2.05, 4.69) is 5.32 Å². The maximum absolute atomic E-state index is 11.6. The Balaban J connectivity index is 1.98.